The van der Waals surface area contributed by atoms with Gasteiger partial charge in [-0.2, -0.15) is 4.98 Å². The van der Waals surface area contributed by atoms with Crippen LogP contribution in [-0.4, -0.2) is 41.4 Å². The molecule has 0 radical (unpaired) electrons. The zero-order valence-electron chi connectivity index (χ0n) is 10.2. The molecule has 1 aliphatic heterocycles. The van der Waals surface area contributed by atoms with E-state index in [-0.39, 0.29) is 0 Å². The van der Waals surface area contributed by atoms with Crippen molar-refractivity contribution < 1.29 is 8.78 Å². The van der Waals surface area contributed by atoms with Crippen LogP contribution < -0.4 is 10.2 Å². The summed E-state index contributed by atoms with van der Waals surface area (Å²) in [6, 6.07) is 3.29. The predicted molar refractivity (Wildman–Crippen MR) is 66.8 cm³/mol. The summed E-state index contributed by atoms with van der Waals surface area (Å²) in [7, 11) is 0. The Morgan fingerprint density at radius 1 is 1.05 bits per heavy atom. The minimum Gasteiger partial charge on any atom is -0.337 e. The maximum atomic E-state index is 13.2. The number of aromatic amines is 1. The molecule has 7 heteroatoms. The Hall–Kier alpha value is -2.02. The lowest BCUT2D eigenvalue weighted by atomic mass is 10.2. The smallest absolute Gasteiger partial charge is 0.245 e. The molecule has 2 N–H and O–H groups in total. The Bertz CT molecular complexity index is 557. The maximum Gasteiger partial charge on any atom is 0.245 e. The van der Waals surface area contributed by atoms with Gasteiger partial charge in [0.2, 0.25) is 5.95 Å². The molecule has 1 saturated heterocycles. The summed E-state index contributed by atoms with van der Waals surface area (Å²) in [6.07, 6.45) is 0. The number of benzene rings is 1. The van der Waals surface area contributed by atoms with E-state index in [0.29, 0.717) is 17.3 Å². The summed E-state index contributed by atoms with van der Waals surface area (Å²) in [5.74, 6) is -0.335. The molecule has 0 bridgehead atoms. The highest BCUT2D eigenvalue weighted by Gasteiger charge is 2.16. The molecule has 0 spiro atoms. The van der Waals surface area contributed by atoms with Crippen LogP contribution in [0.5, 0.6) is 0 Å². The molecular formula is C12H13F2N5. The van der Waals surface area contributed by atoms with Crippen molar-refractivity contribution in [2.45, 2.75) is 0 Å². The fourth-order valence-corrected chi connectivity index (χ4v) is 2.08. The second kappa shape index (κ2) is 4.93. The number of nitrogens with zero attached hydrogens (tertiary/aromatic N) is 3. The number of piperazine rings is 1. The van der Waals surface area contributed by atoms with Crippen molar-refractivity contribution in [2.75, 3.05) is 31.1 Å². The largest absolute Gasteiger partial charge is 0.337 e. The van der Waals surface area contributed by atoms with E-state index in [0.717, 1.165) is 32.2 Å². The van der Waals surface area contributed by atoms with Crippen molar-refractivity contribution in [1.29, 1.82) is 0 Å². The molecule has 0 amide bonds. The monoisotopic (exact) mass is 265 g/mol. The SMILES string of the molecule is Fc1cc(F)cc(-c2nc(N3CCNCC3)n[nH]2)c1. The van der Waals surface area contributed by atoms with Crippen LogP contribution >= 0.6 is 0 Å². The molecule has 2 heterocycles. The molecule has 0 aliphatic carbocycles. The molecule has 0 unspecified atom stereocenters. The summed E-state index contributed by atoms with van der Waals surface area (Å²) in [5.41, 5.74) is 0.353. The molecule has 3 rings (SSSR count). The average molecular weight is 265 g/mol. The summed E-state index contributed by atoms with van der Waals surface area (Å²) in [5, 5.41) is 10.0. The van der Waals surface area contributed by atoms with Crippen LogP contribution in [-0.2, 0) is 0 Å². The van der Waals surface area contributed by atoms with Crippen molar-refractivity contribution in [3.8, 4) is 11.4 Å². The van der Waals surface area contributed by atoms with Gasteiger partial charge in [0.25, 0.3) is 0 Å². The van der Waals surface area contributed by atoms with Gasteiger partial charge in [-0.05, 0) is 12.1 Å². The highest BCUT2D eigenvalue weighted by molar-refractivity contribution is 5.56. The number of halogens is 2. The summed E-state index contributed by atoms with van der Waals surface area (Å²) in [6.45, 7) is 3.38. The Labute approximate surface area is 108 Å². The van der Waals surface area contributed by atoms with Crippen molar-refractivity contribution in [3.05, 3.63) is 29.8 Å². The Balaban J connectivity index is 1.87. The summed E-state index contributed by atoms with van der Waals surface area (Å²) < 4.78 is 26.3. The first-order valence-corrected chi connectivity index (χ1v) is 6.07. The van der Waals surface area contributed by atoms with Crippen LogP contribution in [0.1, 0.15) is 0 Å². The number of hydrogen-bond acceptors (Lipinski definition) is 4. The third kappa shape index (κ3) is 2.55. The second-order valence-electron chi connectivity index (χ2n) is 4.38. The van der Waals surface area contributed by atoms with Gasteiger partial charge in [0.1, 0.15) is 11.6 Å². The van der Waals surface area contributed by atoms with Crippen LogP contribution in [0.3, 0.4) is 0 Å². The number of rotatable bonds is 2. The van der Waals surface area contributed by atoms with Gasteiger partial charge in [-0.1, -0.05) is 0 Å². The summed E-state index contributed by atoms with van der Waals surface area (Å²) >= 11 is 0. The van der Waals surface area contributed by atoms with E-state index >= 15 is 0 Å². The van der Waals surface area contributed by atoms with Gasteiger partial charge in [0, 0.05) is 37.8 Å². The Morgan fingerprint density at radius 2 is 1.74 bits per heavy atom. The molecule has 1 fully saturated rings. The van der Waals surface area contributed by atoms with E-state index in [4.69, 9.17) is 0 Å². The molecule has 0 atom stereocenters. The first kappa shape index (κ1) is 12.0. The zero-order valence-corrected chi connectivity index (χ0v) is 10.2. The molecule has 100 valence electrons. The Morgan fingerprint density at radius 3 is 2.42 bits per heavy atom. The van der Waals surface area contributed by atoms with Crippen molar-refractivity contribution in [2.24, 2.45) is 0 Å². The minimum atomic E-state index is -0.630. The Kier molecular flexibility index (Phi) is 3.12. The number of anilines is 1. The standard InChI is InChI=1S/C12H13F2N5/c13-9-5-8(6-10(14)7-9)11-16-12(18-17-11)19-3-1-15-2-4-19/h5-7,15H,1-4H2,(H,16,17,18). The minimum absolute atomic E-state index is 0.353. The molecule has 1 aromatic carbocycles. The third-order valence-corrected chi connectivity index (χ3v) is 3.01. The lowest BCUT2D eigenvalue weighted by Crippen LogP contribution is -2.44. The van der Waals surface area contributed by atoms with Gasteiger partial charge < -0.3 is 10.2 Å². The number of aromatic nitrogens is 3. The number of H-pyrrole nitrogens is 1. The number of hydrogen-bond donors (Lipinski definition) is 2. The second-order valence-corrected chi connectivity index (χ2v) is 4.38. The molecule has 19 heavy (non-hydrogen) atoms. The van der Waals surface area contributed by atoms with Crippen LogP contribution in [0.4, 0.5) is 14.7 Å². The lowest BCUT2D eigenvalue weighted by Gasteiger charge is -2.25. The number of nitrogens with one attached hydrogen (secondary N) is 2. The first-order valence-electron chi connectivity index (χ1n) is 6.07. The van der Waals surface area contributed by atoms with Gasteiger partial charge in [-0.25, -0.2) is 8.78 Å². The predicted octanol–water partition coefficient (Wildman–Crippen LogP) is 1.16. The van der Waals surface area contributed by atoms with E-state index in [9.17, 15) is 8.78 Å². The van der Waals surface area contributed by atoms with Crippen LogP contribution in [0.2, 0.25) is 0 Å². The molecule has 1 aliphatic rings. The van der Waals surface area contributed by atoms with Crippen molar-refractivity contribution in [3.63, 3.8) is 0 Å². The highest BCUT2D eigenvalue weighted by Crippen LogP contribution is 2.20. The highest BCUT2D eigenvalue weighted by atomic mass is 19.1. The van der Waals surface area contributed by atoms with Gasteiger partial charge >= 0.3 is 0 Å². The van der Waals surface area contributed by atoms with Gasteiger partial charge in [0.15, 0.2) is 5.82 Å². The zero-order chi connectivity index (χ0) is 13.2. The normalized spacial score (nSPS) is 15.8. The fraction of sp³-hybridized carbons (Fsp3) is 0.333. The van der Waals surface area contributed by atoms with Crippen LogP contribution in [0.25, 0.3) is 11.4 Å². The molecule has 2 aromatic rings. The molecule has 1 aromatic heterocycles. The fourth-order valence-electron chi connectivity index (χ4n) is 2.08. The third-order valence-electron chi connectivity index (χ3n) is 3.01. The lowest BCUT2D eigenvalue weighted by molar-refractivity contribution is 0.580. The maximum absolute atomic E-state index is 13.2. The van der Waals surface area contributed by atoms with E-state index in [1.165, 1.54) is 12.1 Å². The van der Waals surface area contributed by atoms with Crippen molar-refractivity contribution in [1.82, 2.24) is 20.5 Å². The van der Waals surface area contributed by atoms with E-state index in [1.807, 2.05) is 4.90 Å². The van der Waals surface area contributed by atoms with Crippen LogP contribution in [0, 0.1) is 11.6 Å². The van der Waals surface area contributed by atoms with E-state index in [1.54, 1.807) is 0 Å². The van der Waals surface area contributed by atoms with Crippen LogP contribution in [0.15, 0.2) is 18.2 Å². The van der Waals surface area contributed by atoms with E-state index in [2.05, 4.69) is 20.5 Å². The van der Waals surface area contributed by atoms with Gasteiger partial charge in [-0.3, -0.25) is 5.10 Å². The quantitative estimate of drug-likeness (QED) is 0.855. The van der Waals surface area contributed by atoms with Crippen molar-refractivity contribution >= 4 is 5.95 Å². The van der Waals surface area contributed by atoms with Gasteiger partial charge in [0.05, 0.1) is 0 Å². The molecular weight excluding hydrogens is 252 g/mol. The topological polar surface area (TPSA) is 56.8 Å². The average Bonchev–Trinajstić information content (AvgIpc) is 2.88. The first-order chi connectivity index (χ1) is 9.22. The summed E-state index contributed by atoms with van der Waals surface area (Å²) in [4.78, 5) is 6.30. The van der Waals surface area contributed by atoms with Gasteiger partial charge in [-0.15, -0.1) is 5.10 Å². The van der Waals surface area contributed by atoms with E-state index < -0.39 is 11.6 Å². The molecule has 0 saturated carbocycles. The molecule has 5 nitrogen and oxygen atoms in total.